The topological polar surface area (TPSA) is 78.4 Å². The minimum atomic E-state index is -1.000. The van der Waals surface area contributed by atoms with Gasteiger partial charge < -0.3 is 15.7 Å². The smallest absolute Gasteiger partial charge is 0.325 e. The van der Waals surface area contributed by atoms with Crippen molar-refractivity contribution in [1.29, 1.82) is 0 Å². The molecule has 5 nitrogen and oxygen atoms in total. The maximum absolute atomic E-state index is 11.8. The van der Waals surface area contributed by atoms with Crippen LogP contribution in [-0.4, -0.2) is 35.6 Å². The molecule has 0 saturated heterocycles. The average Bonchev–Trinajstić information content (AvgIpc) is 2.29. The van der Waals surface area contributed by atoms with Crippen LogP contribution in [-0.2, 0) is 9.59 Å². The molecule has 1 unspecified atom stereocenters. The van der Waals surface area contributed by atoms with Gasteiger partial charge in [0.15, 0.2) is 0 Å². The van der Waals surface area contributed by atoms with E-state index in [0.717, 1.165) is 25.7 Å². The monoisotopic (exact) mass is 242 g/mol. The summed E-state index contributed by atoms with van der Waals surface area (Å²) < 4.78 is 0. The van der Waals surface area contributed by atoms with Crippen molar-refractivity contribution in [3.05, 3.63) is 0 Å². The molecule has 1 rings (SSSR count). The van der Waals surface area contributed by atoms with Gasteiger partial charge in [-0.3, -0.25) is 9.59 Å². The first kappa shape index (κ1) is 14.0. The summed E-state index contributed by atoms with van der Waals surface area (Å²) in [5, 5.41) is 14.5. The Morgan fingerprint density at radius 1 is 1.29 bits per heavy atom. The van der Waals surface area contributed by atoms with Crippen molar-refractivity contribution in [2.24, 2.45) is 0 Å². The van der Waals surface area contributed by atoms with Gasteiger partial charge in [0.05, 0.1) is 0 Å². The molecule has 1 amide bonds. The summed E-state index contributed by atoms with van der Waals surface area (Å²) in [6.45, 7) is 1.48. The Hall–Kier alpha value is -1.10. The molecule has 0 spiro atoms. The highest BCUT2D eigenvalue weighted by Crippen LogP contribution is 2.30. The number of carbonyl (C=O) groups excluding carboxylic acids is 1. The number of carboxylic acid groups (broad SMARTS) is 1. The van der Waals surface area contributed by atoms with E-state index in [0.29, 0.717) is 6.42 Å². The highest BCUT2D eigenvalue weighted by Gasteiger charge is 2.33. The van der Waals surface area contributed by atoms with Crippen molar-refractivity contribution in [3.8, 4) is 0 Å². The van der Waals surface area contributed by atoms with Gasteiger partial charge in [0.1, 0.15) is 6.04 Å². The molecule has 1 fully saturated rings. The first-order valence-corrected chi connectivity index (χ1v) is 6.20. The molecular formula is C12H22N2O3. The maximum atomic E-state index is 11.8. The standard InChI is InChI=1S/C12H22N2O3/c1-9(11(16)17)14-10(15)8-12(13-2)6-4-3-5-7-12/h9,13H,3-8H2,1-2H3,(H,14,15)(H,16,17). The molecule has 3 N–H and O–H groups in total. The lowest BCUT2D eigenvalue weighted by Crippen LogP contribution is -2.50. The molecule has 1 saturated carbocycles. The third-order valence-corrected chi connectivity index (χ3v) is 3.59. The van der Waals surface area contributed by atoms with E-state index in [9.17, 15) is 9.59 Å². The number of carbonyl (C=O) groups is 2. The zero-order valence-corrected chi connectivity index (χ0v) is 10.6. The second kappa shape index (κ2) is 6.00. The largest absolute Gasteiger partial charge is 0.480 e. The van der Waals surface area contributed by atoms with E-state index in [-0.39, 0.29) is 11.4 Å². The van der Waals surface area contributed by atoms with Crippen LogP contribution in [0.2, 0.25) is 0 Å². The third kappa shape index (κ3) is 4.00. The minimum Gasteiger partial charge on any atom is -0.480 e. The lowest BCUT2D eigenvalue weighted by Gasteiger charge is -2.36. The molecule has 0 heterocycles. The van der Waals surface area contributed by atoms with Crippen molar-refractivity contribution in [3.63, 3.8) is 0 Å². The van der Waals surface area contributed by atoms with Gasteiger partial charge in [-0.05, 0) is 26.8 Å². The Bertz CT molecular complexity index is 285. The predicted molar refractivity (Wildman–Crippen MR) is 64.7 cm³/mol. The molecule has 0 radical (unpaired) electrons. The van der Waals surface area contributed by atoms with Crippen LogP contribution >= 0.6 is 0 Å². The van der Waals surface area contributed by atoms with Crippen molar-refractivity contribution in [2.45, 2.75) is 57.0 Å². The zero-order valence-electron chi connectivity index (χ0n) is 10.6. The second-order valence-electron chi connectivity index (χ2n) is 4.90. The summed E-state index contributed by atoms with van der Waals surface area (Å²) in [4.78, 5) is 22.4. The summed E-state index contributed by atoms with van der Waals surface area (Å²) in [7, 11) is 1.87. The highest BCUT2D eigenvalue weighted by atomic mass is 16.4. The number of aliphatic carboxylic acids is 1. The second-order valence-corrected chi connectivity index (χ2v) is 4.90. The van der Waals surface area contributed by atoms with E-state index in [4.69, 9.17) is 5.11 Å². The zero-order chi connectivity index (χ0) is 12.9. The number of nitrogens with one attached hydrogen (secondary N) is 2. The van der Waals surface area contributed by atoms with Gasteiger partial charge in [0, 0.05) is 12.0 Å². The minimum absolute atomic E-state index is 0.138. The van der Waals surface area contributed by atoms with Gasteiger partial charge in [-0.1, -0.05) is 19.3 Å². The van der Waals surface area contributed by atoms with Crippen LogP contribution in [0, 0.1) is 0 Å². The summed E-state index contributed by atoms with van der Waals surface area (Å²) in [5.41, 5.74) is -0.138. The molecule has 0 aromatic carbocycles. The van der Waals surface area contributed by atoms with Crippen molar-refractivity contribution >= 4 is 11.9 Å². The van der Waals surface area contributed by atoms with Crippen molar-refractivity contribution < 1.29 is 14.7 Å². The summed E-state index contributed by atoms with van der Waals surface area (Å²) >= 11 is 0. The van der Waals surface area contributed by atoms with E-state index in [2.05, 4.69) is 10.6 Å². The predicted octanol–water partition coefficient (Wildman–Crippen LogP) is 0.888. The highest BCUT2D eigenvalue weighted by molar-refractivity contribution is 5.83. The molecule has 0 aliphatic heterocycles. The van der Waals surface area contributed by atoms with Crippen molar-refractivity contribution in [1.82, 2.24) is 10.6 Å². The molecule has 0 aromatic heterocycles. The summed E-state index contributed by atoms with van der Waals surface area (Å²) in [6.07, 6.45) is 5.81. The fourth-order valence-corrected chi connectivity index (χ4v) is 2.41. The molecule has 1 aliphatic carbocycles. The molecule has 0 aromatic rings. The average molecular weight is 242 g/mol. The Kier molecular flexibility index (Phi) is 4.93. The number of carboxylic acids is 1. The van der Waals surface area contributed by atoms with Gasteiger partial charge >= 0.3 is 5.97 Å². The van der Waals surface area contributed by atoms with Crippen LogP contribution in [0.3, 0.4) is 0 Å². The van der Waals surface area contributed by atoms with Gasteiger partial charge in [-0.15, -0.1) is 0 Å². The molecule has 1 atom stereocenters. The quantitative estimate of drug-likeness (QED) is 0.669. The first-order valence-electron chi connectivity index (χ1n) is 6.20. The Labute approximate surface area is 102 Å². The number of hydrogen-bond donors (Lipinski definition) is 3. The molecule has 98 valence electrons. The normalized spacial score (nSPS) is 20.6. The van der Waals surface area contributed by atoms with Crippen LogP contribution in [0.25, 0.3) is 0 Å². The molecule has 5 heteroatoms. The molecular weight excluding hydrogens is 220 g/mol. The van der Waals surface area contributed by atoms with Crippen molar-refractivity contribution in [2.75, 3.05) is 7.05 Å². The lowest BCUT2D eigenvalue weighted by molar-refractivity contribution is -0.141. The number of hydrogen-bond acceptors (Lipinski definition) is 3. The fraction of sp³-hybridized carbons (Fsp3) is 0.833. The van der Waals surface area contributed by atoms with Gasteiger partial charge in [0.2, 0.25) is 5.91 Å². The lowest BCUT2D eigenvalue weighted by atomic mass is 9.79. The van der Waals surface area contributed by atoms with Gasteiger partial charge in [-0.25, -0.2) is 0 Å². The van der Waals surface area contributed by atoms with E-state index in [1.165, 1.54) is 13.3 Å². The Morgan fingerprint density at radius 2 is 1.88 bits per heavy atom. The first-order chi connectivity index (χ1) is 7.99. The Balaban J connectivity index is 2.50. The van der Waals surface area contributed by atoms with E-state index in [1.807, 2.05) is 7.05 Å². The number of rotatable bonds is 5. The van der Waals surface area contributed by atoms with E-state index in [1.54, 1.807) is 0 Å². The number of amides is 1. The maximum Gasteiger partial charge on any atom is 0.325 e. The molecule has 1 aliphatic rings. The van der Waals surface area contributed by atoms with Gasteiger partial charge in [0.25, 0.3) is 0 Å². The van der Waals surface area contributed by atoms with Crippen LogP contribution in [0.5, 0.6) is 0 Å². The van der Waals surface area contributed by atoms with Crippen LogP contribution in [0.4, 0.5) is 0 Å². The molecule has 0 bridgehead atoms. The summed E-state index contributed by atoms with van der Waals surface area (Å²) in [5.74, 6) is -1.18. The fourth-order valence-electron chi connectivity index (χ4n) is 2.41. The van der Waals surface area contributed by atoms with E-state index < -0.39 is 12.0 Å². The van der Waals surface area contributed by atoms with Gasteiger partial charge in [-0.2, -0.15) is 0 Å². The summed E-state index contributed by atoms with van der Waals surface area (Å²) in [6, 6.07) is -0.819. The SMILES string of the molecule is CNC1(CC(=O)NC(C)C(=O)O)CCCCC1. The Morgan fingerprint density at radius 3 is 2.35 bits per heavy atom. The van der Waals surface area contributed by atoms with Crippen LogP contribution in [0.15, 0.2) is 0 Å². The third-order valence-electron chi connectivity index (χ3n) is 3.59. The van der Waals surface area contributed by atoms with Crippen LogP contribution < -0.4 is 10.6 Å². The van der Waals surface area contributed by atoms with Crippen LogP contribution in [0.1, 0.15) is 45.4 Å². The van der Waals surface area contributed by atoms with E-state index >= 15 is 0 Å². The molecule has 17 heavy (non-hydrogen) atoms.